The van der Waals surface area contributed by atoms with Gasteiger partial charge in [-0.2, -0.15) is 4.98 Å². The number of halogens is 1. The summed E-state index contributed by atoms with van der Waals surface area (Å²) >= 11 is 1.55. The summed E-state index contributed by atoms with van der Waals surface area (Å²) in [4.78, 5) is 18.0. The van der Waals surface area contributed by atoms with Gasteiger partial charge in [-0.05, 0) is 65.5 Å². The molecule has 37 heavy (non-hydrogen) atoms. The minimum atomic E-state index is -0.570. The second-order valence-corrected chi connectivity index (χ2v) is 8.98. The van der Waals surface area contributed by atoms with E-state index < -0.39 is 11.7 Å². The van der Waals surface area contributed by atoms with Gasteiger partial charge >= 0.3 is 6.01 Å². The number of thiophene rings is 1. The van der Waals surface area contributed by atoms with Gasteiger partial charge in [0.05, 0.1) is 29.8 Å². The number of hydrogen-bond acceptors (Lipinski definition) is 6. The summed E-state index contributed by atoms with van der Waals surface area (Å²) in [5.74, 6) is 0.374. The maximum atomic E-state index is 13.9. The van der Waals surface area contributed by atoms with E-state index in [4.69, 9.17) is 9.47 Å². The Morgan fingerprint density at radius 2 is 1.78 bits per heavy atom. The normalized spacial score (nSPS) is 10.8. The van der Waals surface area contributed by atoms with Crippen molar-refractivity contribution in [2.75, 3.05) is 19.0 Å². The van der Waals surface area contributed by atoms with Crippen LogP contribution in [0.5, 0.6) is 11.8 Å². The van der Waals surface area contributed by atoms with Crippen molar-refractivity contribution >= 4 is 22.9 Å². The van der Waals surface area contributed by atoms with Crippen LogP contribution in [0.1, 0.15) is 15.9 Å². The molecule has 186 valence electrons. The van der Waals surface area contributed by atoms with Crippen molar-refractivity contribution < 1.29 is 18.7 Å². The highest BCUT2D eigenvalue weighted by molar-refractivity contribution is 7.13. The average Bonchev–Trinajstić information content (AvgIpc) is 3.60. The number of carbonyl (C=O) groups is 1. The molecule has 1 N–H and O–H groups in total. The first-order valence-corrected chi connectivity index (χ1v) is 12.4. The second-order valence-electron chi connectivity index (χ2n) is 8.03. The Morgan fingerprint density at radius 1 is 1.00 bits per heavy atom. The minimum Gasteiger partial charge on any atom is -0.497 e. The fraction of sp³-hybridized carbons (Fsp3) is 0.107. The number of benzene rings is 3. The Morgan fingerprint density at radius 3 is 2.49 bits per heavy atom. The highest BCUT2D eigenvalue weighted by atomic mass is 32.1. The van der Waals surface area contributed by atoms with Crippen LogP contribution in [0.2, 0.25) is 0 Å². The third kappa shape index (κ3) is 5.68. The molecule has 0 fully saturated rings. The van der Waals surface area contributed by atoms with Gasteiger partial charge < -0.3 is 14.8 Å². The van der Waals surface area contributed by atoms with Crippen molar-refractivity contribution in [1.29, 1.82) is 0 Å². The number of methoxy groups -OCH3 is 1. The molecule has 3 aromatic carbocycles. The molecule has 2 heterocycles. The van der Waals surface area contributed by atoms with Gasteiger partial charge in [0.25, 0.3) is 5.91 Å². The Balaban J connectivity index is 1.31. The first-order chi connectivity index (χ1) is 18.1. The van der Waals surface area contributed by atoms with Crippen LogP contribution in [0.3, 0.4) is 0 Å². The zero-order valence-corrected chi connectivity index (χ0v) is 20.7. The van der Waals surface area contributed by atoms with Crippen LogP contribution in [-0.2, 0) is 6.42 Å². The fourth-order valence-electron chi connectivity index (χ4n) is 3.68. The van der Waals surface area contributed by atoms with Crippen LogP contribution in [0.25, 0.3) is 16.4 Å². The minimum absolute atomic E-state index is 0.0146. The van der Waals surface area contributed by atoms with Crippen LogP contribution in [0.4, 0.5) is 10.1 Å². The summed E-state index contributed by atoms with van der Waals surface area (Å²) in [5.41, 5.74) is 2.38. The summed E-state index contributed by atoms with van der Waals surface area (Å²) in [6, 6.07) is 25.0. The number of rotatable bonds is 9. The second kappa shape index (κ2) is 11.0. The van der Waals surface area contributed by atoms with Crippen molar-refractivity contribution in [3.05, 3.63) is 107 Å². The number of nitrogens with zero attached hydrogens (tertiary/aromatic N) is 3. The molecule has 9 heteroatoms. The molecule has 0 atom stereocenters. The molecule has 0 aliphatic heterocycles. The number of hydrogen-bond donors (Lipinski definition) is 1. The predicted molar refractivity (Wildman–Crippen MR) is 141 cm³/mol. The molecule has 0 aliphatic rings. The van der Waals surface area contributed by atoms with E-state index in [0.29, 0.717) is 24.5 Å². The standard InChI is InChI=1S/C28H23FN4O3S/c1-35-22-14-8-19(9-15-22)16-17-36-28-31-26(25-7-4-18-37-25)33(32-28)21-12-10-20(11-13-21)30-27(34)23-5-2-3-6-24(23)29/h2-15,18H,16-17H2,1H3,(H,30,34). The number of nitrogens with one attached hydrogen (secondary N) is 1. The zero-order chi connectivity index (χ0) is 25.6. The van der Waals surface area contributed by atoms with Crippen molar-refractivity contribution in [2.24, 2.45) is 0 Å². The fourth-order valence-corrected chi connectivity index (χ4v) is 4.38. The van der Waals surface area contributed by atoms with Gasteiger partial charge in [-0.1, -0.05) is 30.3 Å². The maximum Gasteiger partial charge on any atom is 0.336 e. The van der Waals surface area contributed by atoms with Gasteiger partial charge in [-0.25, -0.2) is 9.07 Å². The number of amides is 1. The molecule has 5 aromatic rings. The molecule has 0 radical (unpaired) electrons. The van der Waals surface area contributed by atoms with E-state index >= 15 is 0 Å². The molecule has 0 bridgehead atoms. The molecule has 0 saturated carbocycles. The molecule has 2 aromatic heterocycles. The van der Waals surface area contributed by atoms with E-state index in [2.05, 4.69) is 15.4 Å². The van der Waals surface area contributed by atoms with Crippen molar-refractivity contribution in [2.45, 2.75) is 6.42 Å². The van der Waals surface area contributed by atoms with E-state index in [1.54, 1.807) is 47.4 Å². The van der Waals surface area contributed by atoms with Crippen LogP contribution in [0.15, 0.2) is 90.3 Å². The number of carbonyl (C=O) groups excluding carboxylic acids is 1. The molecule has 1 amide bonds. The lowest BCUT2D eigenvalue weighted by molar-refractivity contribution is 0.102. The molecular formula is C28H23FN4O3S. The molecular weight excluding hydrogens is 491 g/mol. The summed E-state index contributed by atoms with van der Waals surface area (Å²) in [7, 11) is 1.64. The highest BCUT2D eigenvalue weighted by Gasteiger charge is 2.16. The summed E-state index contributed by atoms with van der Waals surface area (Å²) in [6.07, 6.45) is 0.698. The van der Waals surface area contributed by atoms with E-state index in [1.165, 1.54) is 12.1 Å². The number of ether oxygens (including phenoxy) is 2. The largest absolute Gasteiger partial charge is 0.497 e. The number of anilines is 1. The third-order valence-electron chi connectivity index (χ3n) is 5.60. The van der Waals surface area contributed by atoms with Crippen molar-refractivity contribution in [3.8, 4) is 28.1 Å². The lowest BCUT2D eigenvalue weighted by Gasteiger charge is -2.08. The average molecular weight is 515 g/mol. The molecule has 0 aliphatic carbocycles. The van der Waals surface area contributed by atoms with E-state index in [9.17, 15) is 9.18 Å². The molecule has 5 rings (SSSR count). The van der Waals surface area contributed by atoms with Crippen molar-refractivity contribution in [3.63, 3.8) is 0 Å². The van der Waals surface area contributed by atoms with Crippen LogP contribution in [0, 0.1) is 5.82 Å². The SMILES string of the molecule is COc1ccc(CCOc2nc(-c3cccs3)n(-c3ccc(NC(=O)c4ccccc4F)cc3)n2)cc1. The van der Waals surface area contributed by atoms with E-state index in [0.717, 1.165) is 21.9 Å². The van der Waals surface area contributed by atoms with Crippen LogP contribution in [-0.4, -0.2) is 34.4 Å². The van der Waals surface area contributed by atoms with Crippen molar-refractivity contribution in [1.82, 2.24) is 14.8 Å². The zero-order valence-electron chi connectivity index (χ0n) is 19.9. The summed E-state index contributed by atoms with van der Waals surface area (Å²) < 4.78 is 26.7. The molecule has 0 spiro atoms. The first kappa shape index (κ1) is 24.2. The highest BCUT2D eigenvalue weighted by Crippen LogP contribution is 2.28. The van der Waals surface area contributed by atoms with Gasteiger partial charge in [0.2, 0.25) is 0 Å². The Labute approximate surface area is 217 Å². The van der Waals surface area contributed by atoms with E-state index in [1.807, 2.05) is 53.9 Å². The number of aromatic nitrogens is 3. The Bertz CT molecular complexity index is 1480. The van der Waals surface area contributed by atoms with Gasteiger partial charge in [0.15, 0.2) is 5.82 Å². The van der Waals surface area contributed by atoms with Gasteiger partial charge in [0.1, 0.15) is 11.6 Å². The van der Waals surface area contributed by atoms with Crippen LogP contribution < -0.4 is 14.8 Å². The first-order valence-electron chi connectivity index (χ1n) is 11.5. The lowest BCUT2D eigenvalue weighted by Crippen LogP contribution is -2.13. The Kier molecular flexibility index (Phi) is 7.23. The summed E-state index contributed by atoms with van der Waals surface area (Å²) in [5, 5.41) is 9.27. The monoisotopic (exact) mass is 514 g/mol. The van der Waals surface area contributed by atoms with E-state index in [-0.39, 0.29) is 11.6 Å². The molecule has 0 saturated heterocycles. The quantitative estimate of drug-likeness (QED) is 0.260. The van der Waals surface area contributed by atoms with Crippen LogP contribution >= 0.6 is 11.3 Å². The molecule has 0 unspecified atom stereocenters. The predicted octanol–water partition coefficient (Wildman–Crippen LogP) is 6.02. The van der Waals surface area contributed by atoms with Gasteiger partial charge in [0, 0.05) is 12.1 Å². The van der Waals surface area contributed by atoms with Gasteiger partial charge in [-0.3, -0.25) is 4.79 Å². The smallest absolute Gasteiger partial charge is 0.336 e. The maximum absolute atomic E-state index is 13.9. The molecule has 7 nitrogen and oxygen atoms in total. The Hall–Kier alpha value is -4.50. The van der Waals surface area contributed by atoms with Gasteiger partial charge in [-0.15, -0.1) is 16.4 Å². The topological polar surface area (TPSA) is 78.3 Å². The third-order valence-corrected chi connectivity index (χ3v) is 6.46. The lowest BCUT2D eigenvalue weighted by atomic mass is 10.1. The summed E-state index contributed by atoms with van der Waals surface area (Å²) in [6.45, 7) is 0.418.